The SMILES string of the molecule is CCCCCCCCCCCCCCCC(=O)OC[C@H](COP(=O)(O)OC[C@H](O)COP(=O)(O)OC[C@@H](COC(=O)CCCCCCCCCCCCCC(C)C)OC(=O)CCCCCCCCCCCCCCCCCC(C)C)OC(=O)CCCCCCCCCCCCC(C)CC. The molecule has 3 unspecified atom stereocenters. The Morgan fingerprint density at radius 3 is 0.768 bits per heavy atom. The monoisotopic (exact) mass is 1450 g/mol. The van der Waals surface area contributed by atoms with Gasteiger partial charge in [-0.15, -0.1) is 0 Å². The number of ether oxygens (including phenoxy) is 4. The standard InChI is InChI=1S/C80H156O17P2/c1-8-10-11-12-13-14-15-19-25-33-40-47-54-61-77(82)90-68-76(97-80(85)64-57-50-43-36-29-28-32-39-46-53-60-73(7)9-2)70-95-99(88,89)93-66-74(81)65-92-98(86,87)94-69-75(67-91-78(83)62-55-48-41-34-27-22-24-31-38-45-52-59-72(5)6)96-79(84)63-56-49-42-35-26-21-18-16-17-20-23-30-37-44-51-58-71(3)4/h71-76,81H,8-70H2,1-7H3,(H,86,87)(H,88,89)/t73?,74-,75-,76-/m1/s1. The minimum atomic E-state index is -4.96. The molecule has 19 heteroatoms. The number of aliphatic hydroxyl groups is 1. The summed E-state index contributed by atoms with van der Waals surface area (Å²) in [5.41, 5.74) is 0. The molecule has 0 aromatic heterocycles. The van der Waals surface area contributed by atoms with Crippen molar-refractivity contribution in [2.45, 2.75) is 433 Å². The van der Waals surface area contributed by atoms with Gasteiger partial charge in [0, 0.05) is 25.7 Å². The van der Waals surface area contributed by atoms with Gasteiger partial charge < -0.3 is 33.8 Å². The molecule has 0 radical (unpaired) electrons. The zero-order valence-corrected chi connectivity index (χ0v) is 66.8. The van der Waals surface area contributed by atoms with E-state index in [9.17, 15) is 43.2 Å². The van der Waals surface area contributed by atoms with Crippen LogP contribution in [0.5, 0.6) is 0 Å². The van der Waals surface area contributed by atoms with Gasteiger partial charge in [0.15, 0.2) is 12.2 Å². The van der Waals surface area contributed by atoms with Crippen molar-refractivity contribution in [2.24, 2.45) is 17.8 Å². The molecule has 0 heterocycles. The fraction of sp³-hybridized carbons (Fsp3) is 0.950. The highest BCUT2D eigenvalue weighted by atomic mass is 31.2. The summed E-state index contributed by atoms with van der Waals surface area (Å²) < 4.78 is 68.7. The first-order valence-corrected chi connectivity index (χ1v) is 44.4. The molecule has 6 atom stereocenters. The highest BCUT2D eigenvalue weighted by Gasteiger charge is 2.30. The van der Waals surface area contributed by atoms with Crippen molar-refractivity contribution >= 4 is 39.5 Å². The highest BCUT2D eigenvalue weighted by molar-refractivity contribution is 7.47. The first-order chi connectivity index (χ1) is 47.8. The maximum atomic E-state index is 13.1. The maximum Gasteiger partial charge on any atom is 0.472 e. The van der Waals surface area contributed by atoms with E-state index in [0.29, 0.717) is 25.7 Å². The molecule has 0 aliphatic rings. The van der Waals surface area contributed by atoms with Crippen molar-refractivity contribution in [1.29, 1.82) is 0 Å². The second-order valence-corrected chi connectivity index (χ2v) is 32.9. The fourth-order valence-corrected chi connectivity index (χ4v) is 13.9. The molecule has 0 spiro atoms. The Hall–Kier alpha value is -1.94. The lowest BCUT2D eigenvalue weighted by atomic mass is 9.99. The van der Waals surface area contributed by atoms with Crippen LogP contribution in [-0.2, 0) is 65.4 Å². The van der Waals surface area contributed by atoms with Crippen LogP contribution >= 0.6 is 15.6 Å². The van der Waals surface area contributed by atoms with E-state index in [1.165, 1.54) is 225 Å². The van der Waals surface area contributed by atoms with Gasteiger partial charge in [-0.1, -0.05) is 363 Å². The average molecular weight is 1450 g/mol. The Labute approximate surface area is 607 Å². The summed E-state index contributed by atoms with van der Waals surface area (Å²) in [4.78, 5) is 73.0. The Kier molecular flexibility index (Phi) is 69.0. The van der Waals surface area contributed by atoms with Gasteiger partial charge in [-0.05, 0) is 43.4 Å². The Balaban J connectivity index is 5.27. The molecule has 588 valence electrons. The van der Waals surface area contributed by atoms with E-state index in [2.05, 4.69) is 48.5 Å². The van der Waals surface area contributed by atoms with Gasteiger partial charge in [-0.2, -0.15) is 0 Å². The van der Waals surface area contributed by atoms with Crippen molar-refractivity contribution in [3.05, 3.63) is 0 Å². The largest absolute Gasteiger partial charge is 0.472 e. The van der Waals surface area contributed by atoms with Crippen molar-refractivity contribution in [3.63, 3.8) is 0 Å². The number of carbonyl (C=O) groups is 4. The van der Waals surface area contributed by atoms with Crippen LogP contribution in [0.25, 0.3) is 0 Å². The van der Waals surface area contributed by atoms with Crippen molar-refractivity contribution in [3.8, 4) is 0 Å². The van der Waals surface area contributed by atoms with Gasteiger partial charge in [0.05, 0.1) is 26.4 Å². The first-order valence-electron chi connectivity index (χ1n) is 41.4. The first kappa shape index (κ1) is 97.1. The third-order valence-corrected chi connectivity index (χ3v) is 20.9. The predicted octanol–water partition coefficient (Wildman–Crippen LogP) is 23.7. The Morgan fingerprint density at radius 2 is 0.515 bits per heavy atom. The molecule has 0 saturated carbocycles. The lowest BCUT2D eigenvalue weighted by molar-refractivity contribution is -0.161. The smallest absolute Gasteiger partial charge is 0.462 e. The molecule has 0 aromatic carbocycles. The van der Waals surface area contributed by atoms with E-state index in [1.807, 2.05) is 0 Å². The lowest BCUT2D eigenvalue weighted by Crippen LogP contribution is -2.30. The molecule has 0 aromatic rings. The van der Waals surface area contributed by atoms with Crippen LogP contribution in [0.2, 0.25) is 0 Å². The van der Waals surface area contributed by atoms with Crippen LogP contribution in [0.4, 0.5) is 0 Å². The molecule has 0 fully saturated rings. The van der Waals surface area contributed by atoms with Crippen molar-refractivity contribution < 1.29 is 80.2 Å². The van der Waals surface area contributed by atoms with Gasteiger partial charge >= 0.3 is 39.5 Å². The number of phosphoric ester groups is 2. The summed E-state index contributed by atoms with van der Waals surface area (Å²) in [5.74, 6) is 0.266. The zero-order chi connectivity index (χ0) is 73.0. The lowest BCUT2D eigenvalue weighted by Gasteiger charge is -2.21. The van der Waals surface area contributed by atoms with Crippen LogP contribution in [0.15, 0.2) is 0 Å². The van der Waals surface area contributed by atoms with Crippen LogP contribution in [0, 0.1) is 17.8 Å². The average Bonchev–Trinajstić information content (AvgIpc) is 0.999. The Bertz CT molecular complexity index is 1920. The van der Waals surface area contributed by atoms with Gasteiger partial charge in [-0.3, -0.25) is 37.3 Å². The molecule has 0 rings (SSSR count). The van der Waals surface area contributed by atoms with Crippen LogP contribution < -0.4 is 0 Å². The fourth-order valence-electron chi connectivity index (χ4n) is 12.3. The van der Waals surface area contributed by atoms with E-state index in [1.54, 1.807) is 0 Å². The summed E-state index contributed by atoms with van der Waals surface area (Å²) in [6, 6.07) is 0. The highest BCUT2D eigenvalue weighted by Crippen LogP contribution is 2.45. The third kappa shape index (κ3) is 72.8. The zero-order valence-electron chi connectivity index (χ0n) is 65.0. The van der Waals surface area contributed by atoms with Crippen LogP contribution in [-0.4, -0.2) is 96.7 Å². The van der Waals surface area contributed by atoms with Gasteiger partial charge in [0.25, 0.3) is 0 Å². The molecule has 99 heavy (non-hydrogen) atoms. The number of unbranched alkanes of at least 4 members (excludes halogenated alkanes) is 45. The summed E-state index contributed by atoms with van der Waals surface area (Å²) in [6.45, 7) is 12.0. The van der Waals surface area contributed by atoms with Crippen molar-refractivity contribution in [1.82, 2.24) is 0 Å². The Morgan fingerprint density at radius 1 is 0.293 bits per heavy atom. The molecule has 0 bridgehead atoms. The van der Waals surface area contributed by atoms with Gasteiger partial charge in [0.1, 0.15) is 19.3 Å². The summed E-state index contributed by atoms with van der Waals surface area (Å²) in [7, 11) is -9.92. The molecule has 3 N–H and O–H groups in total. The van der Waals surface area contributed by atoms with E-state index in [0.717, 1.165) is 108 Å². The second-order valence-electron chi connectivity index (χ2n) is 30.0. The maximum absolute atomic E-state index is 13.1. The van der Waals surface area contributed by atoms with E-state index >= 15 is 0 Å². The number of hydrogen-bond donors (Lipinski definition) is 3. The third-order valence-electron chi connectivity index (χ3n) is 19.0. The number of esters is 4. The second kappa shape index (κ2) is 70.4. The van der Waals surface area contributed by atoms with Crippen molar-refractivity contribution in [2.75, 3.05) is 39.6 Å². The normalized spacial score (nSPS) is 14.3. The molecular formula is C80H156O17P2. The minimum absolute atomic E-state index is 0.107. The van der Waals surface area contributed by atoms with Gasteiger partial charge in [0.2, 0.25) is 0 Å². The number of rotatable bonds is 78. The molecule has 0 amide bonds. The van der Waals surface area contributed by atoms with E-state index in [-0.39, 0.29) is 25.7 Å². The van der Waals surface area contributed by atoms with Crippen LogP contribution in [0.3, 0.4) is 0 Å². The summed E-state index contributed by atoms with van der Waals surface area (Å²) >= 11 is 0. The van der Waals surface area contributed by atoms with E-state index in [4.69, 9.17) is 37.0 Å². The van der Waals surface area contributed by atoms with Crippen LogP contribution in [0.1, 0.15) is 414 Å². The molecular weight excluding hydrogens is 1290 g/mol. The molecule has 0 aliphatic heterocycles. The number of aliphatic hydroxyl groups excluding tert-OH is 1. The summed E-state index contributed by atoms with van der Waals surface area (Å²) in [6.07, 6.45) is 58.0. The minimum Gasteiger partial charge on any atom is -0.462 e. The molecule has 17 nitrogen and oxygen atoms in total. The number of carbonyl (C=O) groups excluding carboxylic acids is 4. The molecule has 0 aliphatic carbocycles. The quantitative estimate of drug-likeness (QED) is 0.0222. The number of hydrogen-bond acceptors (Lipinski definition) is 15. The predicted molar refractivity (Wildman–Crippen MR) is 405 cm³/mol. The number of phosphoric acid groups is 2. The topological polar surface area (TPSA) is 237 Å². The summed E-state index contributed by atoms with van der Waals surface area (Å²) in [5, 5.41) is 10.6. The van der Waals surface area contributed by atoms with E-state index < -0.39 is 97.5 Å². The van der Waals surface area contributed by atoms with Gasteiger partial charge in [-0.25, -0.2) is 9.13 Å². The molecule has 0 saturated heterocycles.